The number of Topliss-reactive ketones (excluding diaryl/α,β-unsaturated/α-hetero) is 1. The van der Waals surface area contributed by atoms with Crippen molar-refractivity contribution in [1.82, 2.24) is 9.97 Å². The van der Waals surface area contributed by atoms with Crippen LogP contribution < -0.4 is 15.6 Å². The van der Waals surface area contributed by atoms with Gasteiger partial charge in [0.2, 0.25) is 0 Å². The van der Waals surface area contributed by atoms with Gasteiger partial charge < -0.3 is 15.0 Å². The number of aromatic amines is 1. The van der Waals surface area contributed by atoms with E-state index in [-0.39, 0.29) is 11.3 Å². The van der Waals surface area contributed by atoms with E-state index in [1.165, 1.54) is 11.8 Å². The minimum absolute atomic E-state index is 0.0698. The Morgan fingerprint density at radius 3 is 2.51 bits per heavy atom. The van der Waals surface area contributed by atoms with Crippen LogP contribution in [0.15, 0.2) is 100 Å². The highest BCUT2D eigenvalue weighted by atomic mass is 35.5. The van der Waals surface area contributed by atoms with E-state index in [2.05, 4.69) is 10.3 Å². The van der Waals surface area contributed by atoms with E-state index < -0.39 is 5.92 Å². The lowest BCUT2D eigenvalue weighted by atomic mass is 9.76. The van der Waals surface area contributed by atoms with E-state index in [0.717, 1.165) is 41.0 Å². The number of nitrogens with zero attached hydrogens (tertiary/aromatic N) is 1. The number of aromatic nitrogens is 2. The number of ether oxygens (including phenoxy) is 1. The lowest BCUT2D eigenvalue weighted by molar-refractivity contribution is -0.116. The summed E-state index contributed by atoms with van der Waals surface area (Å²) in [4.78, 5) is 34.4. The minimum Gasteiger partial charge on any atom is -0.489 e. The van der Waals surface area contributed by atoms with E-state index in [1.54, 1.807) is 0 Å². The molecule has 2 N–H and O–H groups in total. The molecule has 1 unspecified atom stereocenters. The molecular formula is C31H26ClN3O3S. The fourth-order valence-corrected chi connectivity index (χ4v) is 6.25. The highest BCUT2D eigenvalue weighted by molar-refractivity contribution is 7.98. The zero-order chi connectivity index (χ0) is 26.8. The first-order valence-electron chi connectivity index (χ1n) is 12.9. The van der Waals surface area contributed by atoms with Crippen molar-refractivity contribution in [1.29, 1.82) is 0 Å². The lowest BCUT2D eigenvalue weighted by Crippen LogP contribution is -2.32. The number of benzene rings is 3. The van der Waals surface area contributed by atoms with Crippen molar-refractivity contribution in [3.05, 3.63) is 128 Å². The Kier molecular flexibility index (Phi) is 7.26. The molecule has 1 aliphatic heterocycles. The van der Waals surface area contributed by atoms with E-state index in [9.17, 15) is 9.59 Å². The van der Waals surface area contributed by atoms with Gasteiger partial charge in [0.25, 0.3) is 5.56 Å². The third-order valence-corrected chi connectivity index (χ3v) is 8.31. The summed E-state index contributed by atoms with van der Waals surface area (Å²) in [5.41, 5.74) is 4.63. The molecule has 39 heavy (non-hydrogen) atoms. The average Bonchev–Trinajstić information content (AvgIpc) is 2.96. The normalized spacial score (nSPS) is 16.3. The summed E-state index contributed by atoms with van der Waals surface area (Å²) in [6.45, 7) is 0.461. The minimum atomic E-state index is -0.494. The number of carbonyl (C=O) groups excluding carboxylic acids is 1. The second-order valence-corrected chi connectivity index (χ2v) is 11.0. The molecular weight excluding hydrogens is 530 g/mol. The van der Waals surface area contributed by atoms with Crippen LogP contribution in [0.3, 0.4) is 0 Å². The van der Waals surface area contributed by atoms with Gasteiger partial charge in [-0.05, 0) is 47.7 Å². The highest BCUT2D eigenvalue weighted by Crippen LogP contribution is 2.44. The zero-order valence-corrected chi connectivity index (χ0v) is 22.6. The first-order chi connectivity index (χ1) is 19.1. The monoisotopic (exact) mass is 555 g/mol. The molecule has 3 aromatic carbocycles. The summed E-state index contributed by atoms with van der Waals surface area (Å²) in [6, 6.07) is 25.3. The molecule has 0 saturated carbocycles. The van der Waals surface area contributed by atoms with Crippen molar-refractivity contribution in [3.63, 3.8) is 0 Å². The number of hydrogen-bond acceptors (Lipinski definition) is 6. The van der Waals surface area contributed by atoms with Crippen LogP contribution in [0.4, 0.5) is 5.82 Å². The smallest absolute Gasteiger partial charge is 0.257 e. The summed E-state index contributed by atoms with van der Waals surface area (Å²) in [6.07, 6.45) is 1.99. The molecule has 0 spiro atoms. The third-order valence-electron chi connectivity index (χ3n) is 7.02. The number of ketones is 1. The molecule has 196 valence electrons. The van der Waals surface area contributed by atoms with Crippen molar-refractivity contribution in [2.24, 2.45) is 0 Å². The van der Waals surface area contributed by atoms with Gasteiger partial charge >= 0.3 is 0 Å². The second kappa shape index (κ2) is 11.1. The van der Waals surface area contributed by atoms with Crippen molar-refractivity contribution in [2.75, 3.05) is 5.32 Å². The van der Waals surface area contributed by atoms with Crippen molar-refractivity contribution < 1.29 is 9.53 Å². The molecule has 6 rings (SSSR count). The van der Waals surface area contributed by atoms with Crippen LogP contribution in [0.25, 0.3) is 0 Å². The third kappa shape index (κ3) is 5.37. The fraction of sp³-hybridized carbons (Fsp3) is 0.194. The molecule has 4 aromatic rings. The number of thioether (sulfide) groups is 1. The molecule has 0 fully saturated rings. The number of halogens is 1. The topological polar surface area (TPSA) is 84.1 Å². The zero-order valence-electron chi connectivity index (χ0n) is 21.1. The number of fused-ring (bicyclic) bond motifs is 1. The maximum absolute atomic E-state index is 13.5. The first kappa shape index (κ1) is 25.5. The van der Waals surface area contributed by atoms with Gasteiger partial charge in [0.15, 0.2) is 10.9 Å². The summed E-state index contributed by atoms with van der Waals surface area (Å²) in [5.74, 6) is 1.37. The van der Waals surface area contributed by atoms with Crippen LogP contribution in [0.1, 0.15) is 47.4 Å². The van der Waals surface area contributed by atoms with Crippen LogP contribution in [0.2, 0.25) is 5.02 Å². The largest absolute Gasteiger partial charge is 0.489 e. The maximum Gasteiger partial charge on any atom is 0.257 e. The molecule has 1 aromatic heterocycles. The van der Waals surface area contributed by atoms with Gasteiger partial charge in [-0.3, -0.25) is 9.59 Å². The molecule has 1 atom stereocenters. The maximum atomic E-state index is 13.5. The van der Waals surface area contributed by atoms with E-state index in [1.807, 2.05) is 78.9 Å². The van der Waals surface area contributed by atoms with Crippen LogP contribution in [0.5, 0.6) is 5.75 Å². The fourth-order valence-electron chi connectivity index (χ4n) is 5.10. The van der Waals surface area contributed by atoms with Crippen LogP contribution >= 0.6 is 23.4 Å². The number of H-pyrrole nitrogens is 1. The van der Waals surface area contributed by atoms with Crippen LogP contribution in [-0.4, -0.2) is 15.8 Å². The van der Waals surface area contributed by atoms with E-state index >= 15 is 0 Å². The van der Waals surface area contributed by atoms with Gasteiger partial charge in [0.1, 0.15) is 18.2 Å². The first-order valence-corrected chi connectivity index (χ1v) is 14.2. The number of rotatable bonds is 7. The van der Waals surface area contributed by atoms with Gasteiger partial charge in [0, 0.05) is 34.4 Å². The molecule has 0 radical (unpaired) electrons. The number of nitrogens with one attached hydrogen (secondary N) is 2. The number of allylic oxidation sites excluding steroid dienone is 2. The highest BCUT2D eigenvalue weighted by Gasteiger charge is 2.37. The Morgan fingerprint density at radius 1 is 0.949 bits per heavy atom. The van der Waals surface area contributed by atoms with Crippen molar-refractivity contribution in [2.45, 2.75) is 42.7 Å². The molecule has 0 amide bonds. The number of carbonyl (C=O) groups is 1. The van der Waals surface area contributed by atoms with Gasteiger partial charge in [0.05, 0.1) is 5.56 Å². The molecule has 1 aliphatic carbocycles. The molecule has 0 bridgehead atoms. The summed E-state index contributed by atoms with van der Waals surface area (Å²) >= 11 is 7.73. The Bertz CT molecular complexity index is 1620. The quantitative estimate of drug-likeness (QED) is 0.191. The summed E-state index contributed by atoms with van der Waals surface area (Å²) in [5, 5.41) is 4.51. The van der Waals surface area contributed by atoms with E-state index in [4.69, 9.17) is 21.3 Å². The molecule has 2 aliphatic rings. The van der Waals surface area contributed by atoms with Crippen LogP contribution in [0, 0.1) is 0 Å². The molecule has 0 saturated heterocycles. The van der Waals surface area contributed by atoms with E-state index in [0.29, 0.717) is 45.9 Å². The second-order valence-electron chi connectivity index (χ2n) is 9.58. The van der Waals surface area contributed by atoms with Gasteiger partial charge in [-0.25, -0.2) is 4.98 Å². The van der Waals surface area contributed by atoms with Gasteiger partial charge in [-0.2, -0.15) is 0 Å². The predicted molar refractivity (Wildman–Crippen MR) is 154 cm³/mol. The van der Waals surface area contributed by atoms with Gasteiger partial charge in [-0.15, -0.1) is 0 Å². The molecule has 8 heteroatoms. The Morgan fingerprint density at radius 2 is 1.72 bits per heavy atom. The van der Waals surface area contributed by atoms with Crippen LogP contribution in [-0.2, 0) is 17.2 Å². The Labute approximate surface area is 235 Å². The molecule has 2 heterocycles. The lowest BCUT2D eigenvalue weighted by Gasteiger charge is -2.32. The molecule has 6 nitrogen and oxygen atoms in total. The Balaban J connectivity index is 1.31. The Hall–Kier alpha value is -3.81. The number of anilines is 1. The summed E-state index contributed by atoms with van der Waals surface area (Å²) < 4.78 is 5.96. The standard InChI is InChI=1S/C31H26ClN3O3S/c32-23-10-5-4-9-21(23)18-39-31-34-29-28(30(37)35-31)26(27-24(33-29)11-6-12-25(27)36)20-13-15-22(16-14-20)38-17-19-7-2-1-3-8-19/h1-5,7-10,13-16,26H,6,11-12,17-18H2,(H2,33,34,35,37). The number of hydrogen-bond donors (Lipinski definition) is 2. The average molecular weight is 556 g/mol. The SMILES string of the molecule is O=C1CCCC2=C1C(c1ccc(OCc3ccccc3)cc1)c1c(nc(SCc3ccccc3Cl)[nH]c1=O)N2. The van der Waals surface area contributed by atoms with Gasteiger partial charge in [-0.1, -0.05) is 84.0 Å². The predicted octanol–water partition coefficient (Wildman–Crippen LogP) is 6.86. The summed E-state index contributed by atoms with van der Waals surface area (Å²) in [7, 11) is 0. The van der Waals surface area contributed by atoms with Crippen molar-refractivity contribution in [3.8, 4) is 5.75 Å². The van der Waals surface area contributed by atoms with Crippen molar-refractivity contribution >= 4 is 35.0 Å².